The summed E-state index contributed by atoms with van der Waals surface area (Å²) in [4.78, 5) is 2.27. The molecule has 0 heterocycles. The molecule has 0 fully saturated rings. The number of nitrogens with zero attached hydrogens (tertiary/aromatic N) is 2. The highest BCUT2D eigenvalue weighted by Crippen LogP contribution is 2.16. The number of hydrogen-bond donors (Lipinski definition) is 1. The van der Waals surface area contributed by atoms with Gasteiger partial charge in [0.2, 0.25) is 0 Å². The van der Waals surface area contributed by atoms with Crippen LogP contribution in [-0.4, -0.2) is 29.6 Å². The molecule has 3 heteroatoms. The van der Waals surface area contributed by atoms with Crippen LogP contribution in [0.15, 0.2) is 0 Å². The Morgan fingerprint density at radius 1 is 1.46 bits per heavy atom. The third-order valence-electron chi connectivity index (χ3n) is 2.36. The summed E-state index contributed by atoms with van der Waals surface area (Å²) in [5.74, 6) is 0. The highest BCUT2D eigenvalue weighted by atomic mass is 15.2. The van der Waals surface area contributed by atoms with Gasteiger partial charge in [-0.2, -0.15) is 5.26 Å². The molecule has 0 aromatic rings. The van der Waals surface area contributed by atoms with Gasteiger partial charge in [0.25, 0.3) is 0 Å². The number of rotatable bonds is 5. The van der Waals surface area contributed by atoms with Gasteiger partial charge >= 0.3 is 0 Å². The van der Waals surface area contributed by atoms with Gasteiger partial charge in [-0.3, -0.25) is 4.90 Å². The van der Waals surface area contributed by atoms with Crippen molar-refractivity contribution in [2.45, 2.75) is 45.7 Å². The van der Waals surface area contributed by atoms with E-state index in [-0.39, 0.29) is 5.54 Å². The lowest BCUT2D eigenvalue weighted by atomic mass is 10.0. The van der Waals surface area contributed by atoms with E-state index in [1.807, 2.05) is 0 Å². The second kappa shape index (κ2) is 5.21. The molecule has 0 unspecified atom stereocenters. The minimum atomic E-state index is -0.00891. The average Bonchev–Trinajstić information content (AvgIpc) is 2.04. The van der Waals surface area contributed by atoms with Gasteiger partial charge in [-0.25, -0.2) is 0 Å². The fourth-order valence-corrected chi connectivity index (χ4v) is 1.55. The Labute approximate surface area is 81.5 Å². The summed E-state index contributed by atoms with van der Waals surface area (Å²) in [7, 11) is 0. The molecule has 0 bridgehead atoms. The predicted molar refractivity (Wildman–Crippen MR) is 55.2 cm³/mol. The molecule has 0 aliphatic carbocycles. The van der Waals surface area contributed by atoms with Crippen LogP contribution in [-0.2, 0) is 0 Å². The van der Waals surface area contributed by atoms with E-state index < -0.39 is 0 Å². The molecule has 0 spiro atoms. The molecule has 0 aliphatic rings. The van der Waals surface area contributed by atoms with Crippen LogP contribution < -0.4 is 5.73 Å². The Morgan fingerprint density at radius 3 is 2.31 bits per heavy atom. The molecule has 0 aliphatic heterocycles. The van der Waals surface area contributed by atoms with Gasteiger partial charge in [-0.05, 0) is 27.7 Å². The summed E-state index contributed by atoms with van der Waals surface area (Å²) >= 11 is 0. The van der Waals surface area contributed by atoms with E-state index in [0.29, 0.717) is 19.0 Å². The lowest BCUT2D eigenvalue weighted by molar-refractivity contribution is 0.0935. The third kappa shape index (κ3) is 3.75. The summed E-state index contributed by atoms with van der Waals surface area (Å²) in [6.07, 6.45) is 0.571. The van der Waals surface area contributed by atoms with Gasteiger partial charge in [0.05, 0.1) is 6.07 Å². The maximum Gasteiger partial charge on any atom is 0.0635 e. The van der Waals surface area contributed by atoms with E-state index in [1.165, 1.54) is 0 Å². The Balaban J connectivity index is 4.34. The van der Waals surface area contributed by atoms with Gasteiger partial charge < -0.3 is 5.73 Å². The van der Waals surface area contributed by atoms with Crippen LogP contribution in [0.4, 0.5) is 0 Å². The van der Waals surface area contributed by atoms with Crippen molar-refractivity contribution in [2.24, 2.45) is 5.73 Å². The van der Waals surface area contributed by atoms with Crippen molar-refractivity contribution in [3.8, 4) is 6.07 Å². The molecular weight excluding hydrogens is 162 g/mol. The monoisotopic (exact) mass is 183 g/mol. The van der Waals surface area contributed by atoms with E-state index in [1.54, 1.807) is 0 Å². The zero-order valence-electron chi connectivity index (χ0n) is 9.17. The summed E-state index contributed by atoms with van der Waals surface area (Å²) in [6.45, 7) is 9.92. The van der Waals surface area contributed by atoms with Gasteiger partial charge in [0.15, 0.2) is 0 Å². The van der Waals surface area contributed by atoms with Crippen molar-refractivity contribution in [3.63, 3.8) is 0 Å². The van der Waals surface area contributed by atoms with Crippen molar-refractivity contribution in [1.82, 2.24) is 4.90 Å². The molecule has 0 saturated carbocycles. The zero-order valence-corrected chi connectivity index (χ0v) is 9.17. The van der Waals surface area contributed by atoms with Crippen molar-refractivity contribution < 1.29 is 0 Å². The van der Waals surface area contributed by atoms with Crippen LogP contribution in [0.1, 0.15) is 34.1 Å². The van der Waals surface area contributed by atoms with Crippen LogP contribution in [0, 0.1) is 11.3 Å². The Hall–Kier alpha value is -0.590. The highest BCUT2D eigenvalue weighted by molar-refractivity contribution is 4.86. The molecule has 0 aromatic heterocycles. The minimum Gasteiger partial charge on any atom is -0.329 e. The quantitative estimate of drug-likeness (QED) is 0.700. The fraction of sp³-hybridized carbons (Fsp3) is 0.900. The number of nitriles is 1. The Bertz CT molecular complexity index is 179. The topological polar surface area (TPSA) is 53.0 Å². The lowest BCUT2D eigenvalue weighted by Crippen LogP contribution is -2.52. The fourth-order valence-electron chi connectivity index (χ4n) is 1.55. The smallest absolute Gasteiger partial charge is 0.0635 e. The molecule has 2 N–H and O–H groups in total. The number of hydrogen-bond acceptors (Lipinski definition) is 3. The normalized spacial score (nSPS) is 12.2. The van der Waals surface area contributed by atoms with E-state index in [2.05, 4.69) is 38.7 Å². The first kappa shape index (κ1) is 12.4. The van der Waals surface area contributed by atoms with Crippen molar-refractivity contribution in [2.75, 3.05) is 13.1 Å². The van der Waals surface area contributed by atoms with Crippen LogP contribution in [0.2, 0.25) is 0 Å². The minimum absolute atomic E-state index is 0.00891. The maximum absolute atomic E-state index is 8.53. The Kier molecular flexibility index (Phi) is 4.97. The van der Waals surface area contributed by atoms with Gasteiger partial charge in [0, 0.05) is 31.1 Å². The molecule has 0 amide bonds. The molecule has 3 nitrogen and oxygen atoms in total. The summed E-state index contributed by atoms with van der Waals surface area (Å²) in [5, 5.41) is 8.53. The largest absolute Gasteiger partial charge is 0.329 e. The Morgan fingerprint density at radius 2 is 2.00 bits per heavy atom. The molecular formula is C10H21N3. The SMILES string of the molecule is CC(C)N(CCC#N)C(C)(C)CN. The molecule has 76 valence electrons. The van der Waals surface area contributed by atoms with Crippen molar-refractivity contribution >= 4 is 0 Å². The van der Waals surface area contributed by atoms with Crippen LogP contribution >= 0.6 is 0 Å². The van der Waals surface area contributed by atoms with E-state index in [0.717, 1.165) is 6.54 Å². The van der Waals surface area contributed by atoms with E-state index in [4.69, 9.17) is 11.0 Å². The first-order valence-electron chi connectivity index (χ1n) is 4.79. The molecule has 0 saturated heterocycles. The number of nitrogens with two attached hydrogens (primary N) is 1. The molecule has 0 radical (unpaired) electrons. The second-order valence-corrected chi connectivity index (χ2v) is 4.21. The molecule has 0 aromatic carbocycles. The first-order valence-corrected chi connectivity index (χ1v) is 4.79. The highest BCUT2D eigenvalue weighted by Gasteiger charge is 2.26. The third-order valence-corrected chi connectivity index (χ3v) is 2.36. The second-order valence-electron chi connectivity index (χ2n) is 4.21. The van der Waals surface area contributed by atoms with Crippen LogP contribution in [0.3, 0.4) is 0 Å². The zero-order chi connectivity index (χ0) is 10.5. The standard InChI is InChI=1S/C10H21N3/c1-9(2)13(7-5-6-11)10(3,4)8-12/h9H,5,7-8,12H2,1-4H3. The van der Waals surface area contributed by atoms with Crippen LogP contribution in [0.5, 0.6) is 0 Å². The lowest BCUT2D eigenvalue weighted by Gasteiger charge is -2.40. The van der Waals surface area contributed by atoms with Crippen molar-refractivity contribution in [1.29, 1.82) is 5.26 Å². The van der Waals surface area contributed by atoms with Gasteiger partial charge in [-0.1, -0.05) is 0 Å². The molecule has 0 rings (SSSR count). The molecule has 0 atom stereocenters. The van der Waals surface area contributed by atoms with E-state index >= 15 is 0 Å². The molecule has 13 heavy (non-hydrogen) atoms. The van der Waals surface area contributed by atoms with Gasteiger partial charge in [0.1, 0.15) is 0 Å². The van der Waals surface area contributed by atoms with Crippen molar-refractivity contribution in [3.05, 3.63) is 0 Å². The van der Waals surface area contributed by atoms with E-state index in [9.17, 15) is 0 Å². The average molecular weight is 183 g/mol. The maximum atomic E-state index is 8.53. The summed E-state index contributed by atoms with van der Waals surface area (Å²) in [6, 6.07) is 2.60. The van der Waals surface area contributed by atoms with Crippen LogP contribution in [0.25, 0.3) is 0 Å². The summed E-state index contributed by atoms with van der Waals surface area (Å²) < 4.78 is 0. The predicted octanol–water partition coefficient (Wildman–Crippen LogP) is 1.35. The first-order chi connectivity index (χ1) is 5.95. The van der Waals surface area contributed by atoms with Gasteiger partial charge in [-0.15, -0.1) is 0 Å². The summed E-state index contributed by atoms with van der Waals surface area (Å²) in [5.41, 5.74) is 5.68.